The second-order valence-electron chi connectivity index (χ2n) is 4.14. The molecule has 0 amide bonds. The molecule has 2 fully saturated rings. The molecule has 1 heterocycles. The summed E-state index contributed by atoms with van der Waals surface area (Å²) in [5, 5.41) is 13.2. The number of halogens is 1. The molecule has 0 aromatic heterocycles. The highest BCUT2D eigenvalue weighted by Crippen LogP contribution is 2.43. The van der Waals surface area contributed by atoms with Crippen LogP contribution in [0.5, 0.6) is 0 Å². The number of hydrogen-bond donors (Lipinski definition) is 2. The Labute approximate surface area is 80.1 Å². The van der Waals surface area contributed by atoms with Crippen molar-refractivity contribution in [1.29, 1.82) is 0 Å². The van der Waals surface area contributed by atoms with Crippen molar-refractivity contribution >= 4 is 12.4 Å². The zero-order valence-electron chi connectivity index (χ0n) is 7.55. The standard InChI is InChI=1S/C9H17NO.ClH/c1-9(7-4-5-7)8(11)3-2-6-10-9;/h7-8,10-11H,2-6H2,1H3;1H. The first-order valence-electron chi connectivity index (χ1n) is 4.66. The summed E-state index contributed by atoms with van der Waals surface area (Å²) < 4.78 is 0. The van der Waals surface area contributed by atoms with Crippen molar-refractivity contribution in [2.24, 2.45) is 5.92 Å². The lowest BCUT2D eigenvalue weighted by molar-refractivity contribution is 0.0275. The van der Waals surface area contributed by atoms with Crippen LogP contribution in [0.25, 0.3) is 0 Å². The van der Waals surface area contributed by atoms with Gasteiger partial charge in [0.15, 0.2) is 0 Å². The third kappa shape index (κ3) is 1.61. The van der Waals surface area contributed by atoms with Gasteiger partial charge in [-0.25, -0.2) is 0 Å². The molecule has 0 aromatic carbocycles. The molecule has 2 rings (SSSR count). The van der Waals surface area contributed by atoms with Crippen LogP contribution in [0.1, 0.15) is 32.6 Å². The molecule has 1 saturated heterocycles. The molecule has 1 aliphatic heterocycles. The van der Waals surface area contributed by atoms with E-state index in [0.29, 0.717) is 0 Å². The highest BCUT2D eigenvalue weighted by Gasteiger charge is 2.47. The van der Waals surface area contributed by atoms with Crippen molar-refractivity contribution in [3.8, 4) is 0 Å². The Hall–Kier alpha value is 0.210. The minimum absolute atomic E-state index is 0. The lowest BCUT2D eigenvalue weighted by Crippen LogP contribution is -2.57. The molecular weight excluding hydrogens is 174 g/mol. The molecule has 0 spiro atoms. The molecule has 2 N–H and O–H groups in total. The maximum atomic E-state index is 9.78. The van der Waals surface area contributed by atoms with Crippen molar-refractivity contribution in [2.45, 2.75) is 44.2 Å². The second-order valence-corrected chi connectivity index (χ2v) is 4.14. The topological polar surface area (TPSA) is 32.3 Å². The first kappa shape index (κ1) is 10.3. The van der Waals surface area contributed by atoms with E-state index in [1.54, 1.807) is 0 Å². The van der Waals surface area contributed by atoms with E-state index in [0.717, 1.165) is 25.3 Å². The van der Waals surface area contributed by atoms with Gasteiger partial charge in [-0.1, -0.05) is 0 Å². The fraction of sp³-hybridized carbons (Fsp3) is 1.00. The fourth-order valence-electron chi connectivity index (χ4n) is 2.17. The first-order valence-corrected chi connectivity index (χ1v) is 4.66. The molecule has 12 heavy (non-hydrogen) atoms. The van der Waals surface area contributed by atoms with Gasteiger partial charge in [-0.05, 0) is 45.1 Å². The quantitative estimate of drug-likeness (QED) is 0.656. The van der Waals surface area contributed by atoms with E-state index in [4.69, 9.17) is 0 Å². The lowest BCUT2D eigenvalue weighted by Gasteiger charge is -2.40. The van der Waals surface area contributed by atoms with Gasteiger partial charge in [0.2, 0.25) is 0 Å². The van der Waals surface area contributed by atoms with Crippen LogP contribution in [-0.2, 0) is 0 Å². The van der Waals surface area contributed by atoms with Gasteiger partial charge in [0.05, 0.1) is 6.10 Å². The maximum Gasteiger partial charge on any atom is 0.0722 e. The molecule has 72 valence electrons. The van der Waals surface area contributed by atoms with Gasteiger partial charge in [0.25, 0.3) is 0 Å². The summed E-state index contributed by atoms with van der Waals surface area (Å²) in [6, 6.07) is 0. The molecule has 2 unspecified atom stereocenters. The lowest BCUT2D eigenvalue weighted by atomic mass is 9.83. The number of piperidine rings is 1. The molecular formula is C9H18ClNO. The summed E-state index contributed by atoms with van der Waals surface area (Å²) in [6.45, 7) is 3.26. The van der Waals surface area contributed by atoms with E-state index in [1.165, 1.54) is 12.8 Å². The van der Waals surface area contributed by atoms with Gasteiger partial charge in [0.1, 0.15) is 0 Å². The smallest absolute Gasteiger partial charge is 0.0722 e. The molecule has 2 atom stereocenters. The largest absolute Gasteiger partial charge is 0.391 e. The Morgan fingerprint density at radius 3 is 2.50 bits per heavy atom. The highest BCUT2D eigenvalue weighted by molar-refractivity contribution is 5.85. The van der Waals surface area contributed by atoms with Crippen LogP contribution in [-0.4, -0.2) is 23.3 Å². The Bertz CT molecular complexity index is 161. The average molecular weight is 192 g/mol. The summed E-state index contributed by atoms with van der Waals surface area (Å²) >= 11 is 0. The van der Waals surface area contributed by atoms with Gasteiger partial charge in [-0.2, -0.15) is 0 Å². The van der Waals surface area contributed by atoms with Gasteiger partial charge in [-0.3, -0.25) is 0 Å². The molecule has 0 radical (unpaired) electrons. The third-order valence-electron chi connectivity index (χ3n) is 3.28. The van der Waals surface area contributed by atoms with E-state index in [-0.39, 0.29) is 24.0 Å². The van der Waals surface area contributed by atoms with Gasteiger partial charge >= 0.3 is 0 Å². The van der Waals surface area contributed by atoms with Crippen molar-refractivity contribution in [2.75, 3.05) is 6.54 Å². The van der Waals surface area contributed by atoms with Crippen LogP contribution < -0.4 is 5.32 Å². The number of rotatable bonds is 1. The summed E-state index contributed by atoms with van der Waals surface area (Å²) in [7, 11) is 0. The van der Waals surface area contributed by atoms with Gasteiger partial charge in [-0.15, -0.1) is 12.4 Å². The van der Waals surface area contributed by atoms with Crippen molar-refractivity contribution in [3.63, 3.8) is 0 Å². The van der Waals surface area contributed by atoms with Crippen LogP contribution in [0.4, 0.5) is 0 Å². The van der Waals surface area contributed by atoms with E-state index in [9.17, 15) is 5.11 Å². The number of aliphatic hydroxyl groups is 1. The Morgan fingerprint density at radius 2 is 2.00 bits per heavy atom. The summed E-state index contributed by atoms with van der Waals surface area (Å²) in [4.78, 5) is 0. The SMILES string of the molecule is CC1(C2CC2)NCCCC1O.Cl. The Balaban J connectivity index is 0.000000720. The number of hydrogen-bond acceptors (Lipinski definition) is 2. The molecule has 2 nitrogen and oxygen atoms in total. The molecule has 1 saturated carbocycles. The maximum absolute atomic E-state index is 9.78. The summed E-state index contributed by atoms with van der Waals surface area (Å²) in [5.41, 5.74) is 0.0538. The van der Waals surface area contributed by atoms with Gasteiger partial charge in [0, 0.05) is 5.54 Å². The molecule has 3 heteroatoms. The Morgan fingerprint density at radius 1 is 1.33 bits per heavy atom. The van der Waals surface area contributed by atoms with E-state index in [2.05, 4.69) is 12.2 Å². The number of nitrogens with one attached hydrogen (secondary N) is 1. The van der Waals surface area contributed by atoms with E-state index in [1.807, 2.05) is 0 Å². The third-order valence-corrected chi connectivity index (χ3v) is 3.28. The second kappa shape index (κ2) is 3.52. The van der Waals surface area contributed by atoms with Crippen LogP contribution in [0, 0.1) is 5.92 Å². The number of aliphatic hydroxyl groups excluding tert-OH is 1. The summed E-state index contributed by atoms with van der Waals surface area (Å²) in [6.07, 6.45) is 4.62. The minimum atomic E-state index is -0.108. The van der Waals surface area contributed by atoms with Crippen molar-refractivity contribution < 1.29 is 5.11 Å². The van der Waals surface area contributed by atoms with Crippen molar-refractivity contribution in [3.05, 3.63) is 0 Å². The fourth-order valence-corrected chi connectivity index (χ4v) is 2.17. The van der Waals surface area contributed by atoms with Crippen LogP contribution in [0.3, 0.4) is 0 Å². The van der Waals surface area contributed by atoms with Gasteiger partial charge < -0.3 is 10.4 Å². The highest BCUT2D eigenvalue weighted by atomic mass is 35.5. The van der Waals surface area contributed by atoms with Crippen LogP contribution >= 0.6 is 12.4 Å². The normalized spacial score (nSPS) is 42.0. The van der Waals surface area contributed by atoms with Crippen LogP contribution in [0.2, 0.25) is 0 Å². The van der Waals surface area contributed by atoms with E-state index >= 15 is 0 Å². The minimum Gasteiger partial charge on any atom is -0.391 e. The molecule has 0 bridgehead atoms. The molecule has 1 aliphatic carbocycles. The monoisotopic (exact) mass is 191 g/mol. The zero-order valence-corrected chi connectivity index (χ0v) is 8.36. The predicted molar refractivity (Wildman–Crippen MR) is 51.6 cm³/mol. The first-order chi connectivity index (χ1) is 5.23. The van der Waals surface area contributed by atoms with Crippen molar-refractivity contribution in [1.82, 2.24) is 5.32 Å². The molecule has 0 aromatic rings. The van der Waals surface area contributed by atoms with Crippen LogP contribution in [0.15, 0.2) is 0 Å². The Kier molecular flexibility index (Phi) is 3.02. The predicted octanol–water partition coefficient (Wildman–Crippen LogP) is 1.32. The molecule has 2 aliphatic rings. The zero-order chi connectivity index (χ0) is 7.90. The van der Waals surface area contributed by atoms with E-state index < -0.39 is 0 Å². The average Bonchev–Trinajstić information content (AvgIpc) is 2.77. The summed E-state index contributed by atoms with van der Waals surface area (Å²) in [5.74, 6) is 0.748.